The van der Waals surface area contributed by atoms with Crippen LogP contribution in [-0.4, -0.2) is 28.8 Å². The number of nitrogens with one attached hydrogen (secondary N) is 2. The van der Waals surface area contributed by atoms with Gasteiger partial charge in [-0.1, -0.05) is 12.1 Å². The Bertz CT molecular complexity index is 671. The summed E-state index contributed by atoms with van der Waals surface area (Å²) in [4.78, 5) is 12.4. The lowest BCUT2D eigenvalue weighted by Gasteiger charge is -2.22. The summed E-state index contributed by atoms with van der Waals surface area (Å²) < 4.78 is 1.91. The average molecular weight is 298 g/mol. The number of hydrogen-bond acceptors (Lipinski definition) is 3. The van der Waals surface area contributed by atoms with Crippen LogP contribution in [0.1, 0.15) is 40.5 Å². The van der Waals surface area contributed by atoms with Crippen LogP contribution in [-0.2, 0) is 0 Å². The van der Waals surface area contributed by atoms with Crippen molar-refractivity contribution in [1.29, 1.82) is 0 Å². The fraction of sp³-hybridized carbons (Fsp3) is 0.412. The van der Waals surface area contributed by atoms with Crippen LogP contribution in [0.3, 0.4) is 0 Å². The Labute approximate surface area is 130 Å². The monoisotopic (exact) mass is 298 g/mol. The van der Waals surface area contributed by atoms with Gasteiger partial charge in [0.05, 0.1) is 6.04 Å². The van der Waals surface area contributed by atoms with E-state index in [1.54, 1.807) is 6.07 Å². The normalized spacial score (nSPS) is 18.2. The van der Waals surface area contributed by atoms with Crippen LogP contribution in [0, 0.1) is 13.8 Å². The number of anilines is 1. The average Bonchev–Trinajstić information content (AvgIpc) is 3.02. The minimum Gasteiger partial charge on any atom is -0.320 e. The Morgan fingerprint density at radius 2 is 2.23 bits per heavy atom. The fourth-order valence-corrected chi connectivity index (χ4v) is 2.78. The molecule has 0 aliphatic carbocycles. The molecule has 1 aromatic heterocycles. The largest absolute Gasteiger partial charge is 0.320 e. The van der Waals surface area contributed by atoms with Crippen molar-refractivity contribution in [2.24, 2.45) is 0 Å². The second kappa shape index (κ2) is 6.32. The van der Waals surface area contributed by atoms with Crippen LogP contribution in [0.2, 0.25) is 0 Å². The van der Waals surface area contributed by atoms with Crippen LogP contribution in [0.25, 0.3) is 0 Å². The number of carbonyl (C=O) groups is 1. The molecule has 0 spiro atoms. The van der Waals surface area contributed by atoms with E-state index in [1.165, 1.54) is 0 Å². The molecule has 2 N–H and O–H groups in total. The Kier molecular flexibility index (Phi) is 4.24. The van der Waals surface area contributed by atoms with E-state index in [1.807, 2.05) is 42.9 Å². The maximum Gasteiger partial charge on any atom is 0.276 e. The summed E-state index contributed by atoms with van der Waals surface area (Å²) in [5.41, 5.74) is 3.49. The number of aryl methyl sites for hydroxylation is 2. The van der Waals surface area contributed by atoms with Gasteiger partial charge in [-0.25, -0.2) is 0 Å². The minimum absolute atomic E-state index is 0.156. The summed E-state index contributed by atoms with van der Waals surface area (Å²) >= 11 is 0. The lowest BCUT2D eigenvalue weighted by Crippen LogP contribution is -2.32. The van der Waals surface area contributed by atoms with Crippen LogP contribution in [0.4, 0.5) is 5.69 Å². The van der Waals surface area contributed by atoms with Crippen molar-refractivity contribution in [3.05, 3.63) is 47.3 Å². The molecule has 22 heavy (non-hydrogen) atoms. The molecule has 0 bridgehead atoms. The van der Waals surface area contributed by atoms with Crippen LogP contribution >= 0.6 is 0 Å². The summed E-state index contributed by atoms with van der Waals surface area (Å²) in [6.07, 6.45) is 4.15. The maximum atomic E-state index is 12.4. The van der Waals surface area contributed by atoms with Crippen LogP contribution in [0.15, 0.2) is 30.5 Å². The molecule has 0 radical (unpaired) electrons. The highest BCUT2D eigenvalue weighted by Gasteiger charge is 2.18. The summed E-state index contributed by atoms with van der Waals surface area (Å²) in [5, 5.41) is 10.8. The topological polar surface area (TPSA) is 59.0 Å². The Morgan fingerprint density at radius 1 is 1.36 bits per heavy atom. The molecular formula is C17H22N4O. The molecule has 1 aromatic carbocycles. The number of carbonyl (C=O) groups excluding carboxylic acids is 1. The molecular weight excluding hydrogens is 276 g/mol. The molecule has 1 unspecified atom stereocenters. The molecule has 1 saturated heterocycles. The van der Waals surface area contributed by atoms with Gasteiger partial charge in [0.15, 0.2) is 5.69 Å². The quantitative estimate of drug-likeness (QED) is 0.916. The van der Waals surface area contributed by atoms with Crippen molar-refractivity contribution in [3.63, 3.8) is 0 Å². The van der Waals surface area contributed by atoms with E-state index in [9.17, 15) is 4.79 Å². The molecule has 1 aliphatic heterocycles. The highest BCUT2D eigenvalue weighted by atomic mass is 16.1. The molecule has 5 nitrogen and oxygen atoms in total. The van der Waals surface area contributed by atoms with E-state index >= 15 is 0 Å². The summed E-state index contributed by atoms with van der Waals surface area (Å²) in [5.74, 6) is -0.156. The lowest BCUT2D eigenvalue weighted by atomic mass is 10.1. The van der Waals surface area contributed by atoms with E-state index in [2.05, 4.69) is 15.7 Å². The number of piperidine rings is 1. The first-order chi connectivity index (χ1) is 10.6. The zero-order valence-electron chi connectivity index (χ0n) is 13.1. The fourth-order valence-electron chi connectivity index (χ4n) is 2.78. The number of aromatic nitrogens is 2. The van der Waals surface area contributed by atoms with Crippen molar-refractivity contribution in [2.45, 2.75) is 32.7 Å². The number of rotatable bonds is 3. The number of nitrogens with zero attached hydrogens (tertiary/aromatic N) is 2. The Hall–Kier alpha value is -2.14. The van der Waals surface area contributed by atoms with Crippen molar-refractivity contribution in [1.82, 2.24) is 15.1 Å². The third-order valence-electron chi connectivity index (χ3n) is 4.13. The van der Waals surface area contributed by atoms with E-state index in [0.717, 1.165) is 42.7 Å². The molecule has 1 atom stereocenters. The van der Waals surface area contributed by atoms with E-state index < -0.39 is 0 Å². The van der Waals surface area contributed by atoms with Gasteiger partial charge >= 0.3 is 0 Å². The Morgan fingerprint density at radius 3 is 3.00 bits per heavy atom. The predicted octanol–water partition coefficient (Wildman–Crippen LogP) is 2.68. The van der Waals surface area contributed by atoms with E-state index in [-0.39, 0.29) is 5.91 Å². The lowest BCUT2D eigenvalue weighted by molar-refractivity contribution is 0.102. The van der Waals surface area contributed by atoms with Crippen molar-refractivity contribution in [2.75, 3.05) is 18.4 Å². The first-order valence-corrected chi connectivity index (χ1v) is 7.78. The van der Waals surface area contributed by atoms with Crippen molar-refractivity contribution in [3.8, 4) is 0 Å². The van der Waals surface area contributed by atoms with Gasteiger partial charge < -0.3 is 10.6 Å². The van der Waals surface area contributed by atoms with Gasteiger partial charge in [-0.3, -0.25) is 9.48 Å². The van der Waals surface area contributed by atoms with Crippen molar-refractivity contribution >= 4 is 11.6 Å². The molecule has 0 saturated carbocycles. The van der Waals surface area contributed by atoms with Crippen LogP contribution < -0.4 is 10.6 Å². The second-order valence-electron chi connectivity index (χ2n) is 5.95. The van der Waals surface area contributed by atoms with Gasteiger partial charge in [0.25, 0.3) is 5.91 Å². The smallest absolute Gasteiger partial charge is 0.276 e. The molecule has 2 aromatic rings. The number of hydrogen-bond donors (Lipinski definition) is 2. The summed E-state index contributed by atoms with van der Waals surface area (Å²) in [7, 11) is 0. The summed E-state index contributed by atoms with van der Waals surface area (Å²) in [6, 6.07) is 8.16. The Balaban J connectivity index is 1.72. The molecule has 1 fully saturated rings. The first-order valence-electron chi connectivity index (χ1n) is 7.78. The first kappa shape index (κ1) is 14.8. The SMILES string of the molecule is Cc1ccc(C)c(NC(=O)c2ccn(C3CCCNC3)n2)c1. The van der Waals surface area contributed by atoms with Gasteiger partial charge in [0.1, 0.15) is 0 Å². The van der Waals surface area contributed by atoms with Crippen molar-refractivity contribution < 1.29 is 4.79 Å². The maximum absolute atomic E-state index is 12.4. The third-order valence-corrected chi connectivity index (χ3v) is 4.13. The molecule has 5 heteroatoms. The molecule has 1 aliphatic rings. The van der Waals surface area contributed by atoms with E-state index in [0.29, 0.717) is 11.7 Å². The van der Waals surface area contributed by atoms with Gasteiger partial charge in [0.2, 0.25) is 0 Å². The predicted molar refractivity (Wildman–Crippen MR) is 87.2 cm³/mol. The minimum atomic E-state index is -0.156. The standard InChI is InChI=1S/C17H22N4O/c1-12-5-6-13(2)16(10-12)19-17(22)15-7-9-21(20-15)14-4-3-8-18-11-14/h5-7,9-10,14,18H,3-4,8,11H2,1-2H3,(H,19,22). The zero-order chi connectivity index (χ0) is 15.5. The van der Waals surface area contributed by atoms with Crippen LogP contribution in [0.5, 0.6) is 0 Å². The highest BCUT2D eigenvalue weighted by Crippen LogP contribution is 2.18. The number of benzene rings is 1. The highest BCUT2D eigenvalue weighted by molar-refractivity contribution is 6.03. The molecule has 1 amide bonds. The molecule has 3 rings (SSSR count). The van der Waals surface area contributed by atoms with E-state index in [4.69, 9.17) is 0 Å². The van der Waals surface area contributed by atoms with Gasteiger partial charge in [-0.15, -0.1) is 0 Å². The molecule has 2 heterocycles. The molecule has 116 valence electrons. The number of amides is 1. The van der Waals surface area contributed by atoms with Gasteiger partial charge in [0, 0.05) is 18.4 Å². The summed E-state index contributed by atoms with van der Waals surface area (Å²) in [6.45, 7) is 5.98. The van der Waals surface area contributed by atoms with Gasteiger partial charge in [-0.2, -0.15) is 5.10 Å². The third kappa shape index (κ3) is 3.20. The van der Waals surface area contributed by atoms with Gasteiger partial charge in [-0.05, 0) is 56.5 Å². The zero-order valence-corrected chi connectivity index (χ0v) is 13.1. The second-order valence-corrected chi connectivity index (χ2v) is 5.95.